The van der Waals surface area contributed by atoms with Crippen LogP contribution in [0.25, 0.3) is 76.5 Å². The van der Waals surface area contributed by atoms with Gasteiger partial charge in [-0.1, -0.05) is 250 Å². The van der Waals surface area contributed by atoms with Crippen LogP contribution < -0.4 is 9.80 Å². The van der Waals surface area contributed by atoms with Crippen molar-refractivity contribution in [3.8, 4) is 11.1 Å². The first-order valence-electron chi connectivity index (χ1n) is 30.3. The number of nitrogens with zero attached hydrogens (tertiary/aromatic N) is 2. The molecule has 0 radical (unpaired) electrons. The van der Waals surface area contributed by atoms with E-state index in [0.29, 0.717) is 0 Å². The van der Waals surface area contributed by atoms with E-state index in [1.165, 1.54) is 66.4 Å². The van der Waals surface area contributed by atoms with Crippen molar-refractivity contribution in [3.05, 3.63) is 287 Å². The fourth-order valence-electron chi connectivity index (χ4n) is 14.2. The van der Waals surface area contributed by atoms with Gasteiger partial charge in [-0.15, -0.1) is 0 Å². The van der Waals surface area contributed by atoms with Gasteiger partial charge >= 0.3 is 0 Å². The standard InChI is InChI=1S/C81H68N2O2/c1-9-51-41-45-55(46-42-51)82(69-39-23-35-63-61-33-21-37-65(79(3,4)5)75(61)84-77(63)69)71-49-67-73(59-31-19-17-29-57(59)71)74-60-32-20-18-30-58(60)72(50-68(74)81(67,53-25-13-11-14-26-53)54-27-15-12-16-28-54)83(56-47-43-52(10-2)44-48-56)70-40-24-36-64-62-34-22-38-66(80(6,7)8)76(62)85-78(64)70/h11-50H,9-10H2,1-8H3. The molecule has 14 aromatic rings. The van der Waals surface area contributed by atoms with E-state index < -0.39 is 5.41 Å². The molecule has 85 heavy (non-hydrogen) atoms. The number of hydrogen-bond acceptors (Lipinski definition) is 4. The van der Waals surface area contributed by atoms with Gasteiger partial charge in [0.15, 0.2) is 11.2 Å². The Kier molecular flexibility index (Phi) is 12.1. The van der Waals surface area contributed by atoms with Crippen molar-refractivity contribution < 1.29 is 8.83 Å². The van der Waals surface area contributed by atoms with E-state index in [-0.39, 0.29) is 10.8 Å². The van der Waals surface area contributed by atoms with E-state index in [1.807, 2.05) is 0 Å². The highest BCUT2D eigenvalue weighted by Crippen LogP contribution is 2.63. The van der Waals surface area contributed by atoms with Crippen molar-refractivity contribution in [3.63, 3.8) is 0 Å². The number of hydrogen-bond donors (Lipinski definition) is 0. The van der Waals surface area contributed by atoms with Crippen molar-refractivity contribution in [2.45, 2.75) is 84.5 Å². The van der Waals surface area contributed by atoms with Gasteiger partial charge in [0.25, 0.3) is 0 Å². The third kappa shape index (κ3) is 8.02. The van der Waals surface area contributed by atoms with Gasteiger partial charge in [0, 0.05) is 54.8 Å². The van der Waals surface area contributed by atoms with Crippen LogP contribution in [0.2, 0.25) is 0 Å². The number of aryl methyl sites for hydroxylation is 2. The van der Waals surface area contributed by atoms with E-state index in [2.05, 4.69) is 308 Å². The lowest BCUT2D eigenvalue weighted by Gasteiger charge is -2.36. The average molecular weight is 1100 g/mol. The van der Waals surface area contributed by atoms with Crippen LogP contribution in [0.3, 0.4) is 0 Å². The van der Waals surface area contributed by atoms with E-state index in [0.717, 1.165) is 102 Å². The lowest BCUT2D eigenvalue weighted by atomic mass is 9.67. The molecule has 0 aliphatic heterocycles. The molecule has 0 unspecified atom stereocenters. The van der Waals surface area contributed by atoms with Gasteiger partial charge in [0.05, 0.1) is 28.2 Å². The van der Waals surface area contributed by atoms with Crippen LogP contribution in [0.15, 0.2) is 251 Å². The number of fused-ring (bicyclic) bond motifs is 13. The highest BCUT2D eigenvalue weighted by atomic mass is 16.3. The Morgan fingerprint density at radius 2 is 0.647 bits per heavy atom. The summed E-state index contributed by atoms with van der Waals surface area (Å²) in [6.45, 7) is 18.1. The zero-order valence-corrected chi connectivity index (χ0v) is 49.7. The average Bonchev–Trinajstić information content (AvgIpc) is 1.55. The lowest BCUT2D eigenvalue weighted by molar-refractivity contribution is 0.572. The van der Waals surface area contributed by atoms with Crippen LogP contribution in [0.5, 0.6) is 0 Å². The summed E-state index contributed by atoms with van der Waals surface area (Å²) in [5, 5.41) is 9.07. The van der Waals surface area contributed by atoms with Crippen molar-refractivity contribution in [1.29, 1.82) is 0 Å². The third-order valence-corrected chi connectivity index (χ3v) is 18.3. The molecule has 0 atom stereocenters. The van der Waals surface area contributed by atoms with Crippen LogP contribution in [0, 0.1) is 0 Å². The molecule has 0 saturated heterocycles. The lowest BCUT2D eigenvalue weighted by Crippen LogP contribution is -2.29. The molecule has 12 aromatic carbocycles. The molecule has 2 heterocycles. The largest absolute Gasteiger partial charge is 0.454 e. The van der Waals surface area contributed by atoms with E-state index in [1.54, 1.807) is 0 Å². The molecule has 0 fully saturated rings. The molecule has 0 N–H and O–H groups in total. The molecule has 4 heteroatoms. The molecule has 2 aromatic heterocycles. The van der Waals surface area contributed by atoms with Crippen molar-refractivity contribution in [1.82, 2.24) is 0 Å². The molecule has 1 aliphatic carbocycles. The summed E-state index contributed by atoms with van der Waals surface area (Å²) in [4.78, 5) is 4.97. The second-order valence-corrected chi connectivity index (χ2v) is 25.3. The van der Waals surface area contributed by atoms with Gasteiger partial charge in [0.2, 0.25) is 0 Å². The fraction of sp³-hybridized carbons (Fsp3) is 0.160. The molecule has 0 saturated carbocycles. The minimum atomic E-state index is -0.833. The Labute approximate surface area is 498 Å². The Bertz CT molecular complexity index is 4600. The number of rotatable bonds is 10. The highest BCUT2D eigenvalue weighted by molar-refractivity contribution is 6.20. The molecule has 0 bridgehead atoms. The molecule has 0 amide bonds. The van der Waals surface area contributed by atoms with Gasteiger partial charge < -0.3 is 18.6 Å². The summed E-state index contributed by atoms with van der Waals surface area (Å²) in [6, 6.07) is 90.9. The minimum Gasteiger partial charge on any atom is -0.454 e. The maximum absolute atomic E-state index is 7.33. The Morgan fingerprint density at radius 3 is 1.01 bits per heavy atom. The first kappa shape index (κ1) is 52.2. The number of anilines is 6. The smallest absolute Gasteiger partial charge is 0.159 e. The quantitative estimate of drug-likeness (QED) is 0.137. The van der Waals surface area contributed by atoms with Crippen LogP contribution >= 0.6 is 0 Å². The normalized spacial score (nSPS) is 13.1. The van der Waals surface area contributed by atoms with Gasteiger partial charge in [-0.3, -0.25) is 0 Å². The van der Waals surface area contributed by atoms with Crippen LogP contribution in [0.1, 0.15) is 99.9 Å². The topological polar surface area (TPSA) is 32.8 Å². The Hall–Kier alpha value is -9.64. The molecule has 15 rings (SSSR count). The summed E-state index contributed by atoms with van der Waals surface area (Å²) in [6.07, 6.45) is 1.88. The molecule has 4 nitrogen and oxygen atoms in total. The number of benzene rings is 12. The summed E-state index contributed by atoms with van der Waals surface area (Å²) >= 11 is 0. The molecular formula is C81H68N2O2. The van der Waals surface area contributed by atoms with Crippen molar-refractivity contribution >= 4 is 99.5 Å². The predicted octanol–water partition coefficient (Wildman–Crippen LogP) is 22.8. The SMILES string of the molecule is CCc1ccc(N(c2cc3c(c4ccccc24)-c2c(cc(N(c4ccc(CC)cc4)c4cccc5c4oc4c(C(C)(C)C)cccc45)c4ccccc24)C3(c2ccccc2)c2ccccc2)c2cccc3c2oc2c(C(C)(C)C)cccc23)cc1. The number of para-hydroxylation sites is 4. The van der Waals surface area contributed by atoms with Crippen LogP contribution in [0.4, 0.5) is 34.1 Å². The molecule has 1 aliphatic rings. The first-order chi connectivity index (χ1) is 41.4. The maximum atomic E-state index is 7.33. The van der Waals surface area contributed by atoms with Gasteiger partial charge in [-0.05, 0) is 127 Å². The summed E-state index contributed by atoms with van der Waals surface area (Å²) in [5.74, 6) is 0. The van der Waals surface area contributed by atoms with Crippen LogP contribution in [-0.4, -0.2) is 0 Å². The highest BCUT2D eigenvalue weighted by Gasteiger charge is 2.49. The van der Waals surface area contributed by atoms with Crippen molar-refractivity contribution in [2.75, 3.05) is 9.80 Å². The van der Waals surface area contributed by atoms with E-state index >= 15 is 0 Å². The minimum absolute atomic E-state index is 0.135. The van der Waals surface area contributed by atoms with Crippen LogP contribution in [-0.2, 0) is 29.1 Å². The summed E-state index contributed by atoms with van der Waals surface area (Å²) < 4.78 is 14.7. The second kappa shape index (κ2) is 19.7. The molecule has 414 valence electrons. The van der Waals surface area contributed by atoms with E-state index in [9.17, 15) is 0 Å². The number of furan rings is 2. The van der Waals surface area contributed by atoms with Gasteiger partial charge in [-0.25, -0.2) is 0 Å². The second-order valence-electron chi connectivity index (χ2n) is 25.3. The Morgan fingerprint density at radius 1 is 0.318 bits per heavy atom. The van der Waals surface area contributed by atoms with Crippen molar-refractivity contribution in [2.24, 2.45) is 0 Å². The fourth-order valence-corrected chi connectivity index (χ4v) is 14.2. The maximum Gasteiger partial charge on any atom is 0.159 e. The summed E-state index contributed by atoms with van der Waals surface area (Å²) in [7, 11) is 0. The predicted molar refractivity (Wildman–Crippen MR) is 359 cm³/mol. The van der Waals surface area contributed by atoms with Gasteiger partial charge in [0.1, 0.15) is 11.2 Å². The Balaban J connectivity index is 1.08. The zero-order valence-electron chi connectivity index (χ0n) is 49.7. The summed E-state index contributed by atoms with van der Waals surface area (Å²) in [5.41, 5.74) is 20.9. The molecular weight excluding hydrogens is 1030 g/mol. The van der Waals surface area contributed by atoms with Gasteiger partial charge in [-0.2, -0.15) is 0 Å². The monoisotopic (exact) mass is 1100 g/mol. The van der Waals surface area contributed by atoms with E-state index in [4.69, 9.17) is 8.83 Å². The first-order valence-corrected chi connectivity index (χ1v) is 30.3. The molecule has 0 spiro atoms. The zero-order chi connectivity index (χ0) is 57.9. The third-order valence-electron chi connectivity index (χ3n) is 18.3.